The lowest BCUT2D eigenvalue weighted by atomic mass is 9.94. The van der Waals surface area contributed by atoms with E-state index in [1.54, 1.807) is 6.92 Å². The lowest BCUT2D eigenvalue weighted by molar-refractivity contribution is -0.401. The first-order chi connectivity index (χ1) is 13.0. The summed E-state index contributed by atoms with van der Waals surface area (Å²) in [5.74, 6) is 0.626. The van der Waals surface area contributed by atoms with Crippen LogP contribution in [0, 0.1) is 10.1 Å². The highest BCUT2D eigenvalue weighted by molar-refractivity contribution is 5.73. The Hall–Kier alpha value is -2.97. The first-order valence-electron chi connectivity index (χ1n) is 9.01. The Morgan fingerprint density at radius 1 is 1.30 bits per heavy atom. The van der Waals surface area contributed by atoms with Crippen LogP contribution in [0.4, 0.5) is 5.88 Å². The summed E-state index contributed by atoms with van der Waals surface area (Å²) in [4.78, 5) is 32.1. The van der Waals surface area contributed by atoms with E-state index in [4.69, 9.17) is 9.15 Å². The average molecular weight is 374 g/mol. The first-order valence-corrected chi connectivity index (χ1v) is 9.01. The van der Waals surface area contributed by atoms with Crippen LogP contribution in [0.1, 0.15) is 39.0 Å². The summed E-state index contributed by atoms with van der Waals surface area (Å²) in [6, 6.07) is 3.00. The van der Waals surface area contributed by atoms with Crippen molar-refractivity contribution in [3.63, 3.8) is 0 Å². The minimum Gasteiger partial charge on any atom is -0.489 e. The maximum Gasteiger partial charge on any atom is 0.433 e. The van der Waals surface area contributed by atoms with E-state index < -0.39 is 4.92 Å². The fourth-order valence-corrected chi connectivity index (χ4v) is 3.32. The maximum absolute atomic E-state index is 11.9. The van der Waals surface area contributed by atoms with Gasteiger partial charge >= 0.3 is 5.88 Å². The summed E-state index contributed by atoms with van der Waals surface area (Å²) in [6.07, 6.45) is 8.62. The number of furan rings is 1. The second kappa shape index (κ2) is 8.61. The molecule has 2 aromatic rings. The number of rotatable bonds is 7. The molecule has 0 bridgehead atoms. The van der Waals surface area contributed by atoms with Crippen LogP contribution in [-0.4, -0.2) is 44.9 Å². The lowest BCUT2D eigenvalue weighted by Gasteiger charge is -2.33. The summed E-state index contributed by atoms with van der Waals surface area (Å²) in [7, 11) is 0. The van der Waals surface area contributed by atoms with Gasteiger partial charge in [0, 0.05) is 13.0 Å². The van der Waals surface area contributed by atoms with Gasteiger partial charge in [-0.25, -0.2) is 9.97 Å². The fraction of sp³-hybridized carbons (Fsp3) is 0.500. The van der Waals surface area contributed by atoms with Crippen molar-refractivity contribution in [1.29, 1.82) is 0 Å². The van der Waals surface area contributed by atoms with Gasteiger partial charge in [0.05, 0.1) is 25.0 Å². The van der Waals surface area contributed by atoms with Gasteiger partial charge in [0.1, 0.15) is 11.5 Å². The molecule has 0 aromatic carbocycles. The highest BCUT2D eigenvalue weighted by Gasteiger charge is 2.23. The van der Waals surface area contributed by atoms with Crippen LogP contribution in [0.5, 0.6) is 5.75 Å². The van der Waals surface area contributed by atoms with Gasteiger partial charge in [-0.1, -0.05) is 19.3 Å². The topological polar surface area (TPSA) is 112 Å². The van der Waals surface area contributed by atoms with Crippen LogP contribution in [0.2, 0.25) is 0 Å². The third-order valence-corrected chi connectivity index (χ3v) is 4.64. The molecule has 27 heavy (non-hydrogen) atoms. The molecule has 0 unspecified atom stereocenters. The molecule has 0 aliphatic heterocycles. The summed E-state index contributed by atoms with van der Waals surface area (Å²) in [6.45, 7) is 2.46. The average Bonchev–Trinajstić information content (AvgIpc) is 3.17. The monoisotopic (exact) mass is 374 g/mol. The molecule has 9 nitrogen and oxygen atoms in total. The molecule has 1 fully saturated rings. The standard InChI is InChI=1S/C18H22N4O5/c1-13(23)21(14-5-3-2-4-6-14)9-10-26-15-11-19-18(20-12-15)16-7-8-17(27-16)22(24)25/h7-8,11-12,14H,2-6,9-10H2,1H3. The minimum absolute atomic E-state index is 0.0662. The van der Waals surface area contributed by atoms with E-state index in [1.807, 2.05) is 4.90 Å². The molecular weight excluding hydrogens is 352 g/mol. The van der Waals surface area contributed by atoms with Crippen LogP contribution < -0.4 is 4.74 Å². The molecule has 0 atom stereocenters. The Kier molecular flexibility index (Phi) is 6.00. The van der Waals surface area contributed by atoms with E-state index in [1.165, 1.54) is 30.9 Å². The Morgan fingerprint density at radius 3 is 2.59 bits per heavy atom. The zero-order valence-electron chi connectivity index (χ0n) is 15.2. The summed E-state index contributed by atoms with van der Waals surface area (Å²) >= 11 is 0. The van der Waals surface area contributed by atoms with Gasteiger partial charge in [0.25, 0.3) is 0 Å². The van der Waals surface area contributed by atoms with E-state index in [0.29, 0.717) is 24.9 Å². The maximum atomic E-state index is 11.9. The predicted molar refractivity (Wildman–Crippen MR) is 96.1 cm³/mol. The van der Waals surface area contributed by atoms with Gasteiger partial charge in [0.2, 0.25) is 5.91 Å². The van der Waals surface area contributed by atoms with Crippen LogP contribution in [0.3, 0.4) is 0 Å². The van der Waals surface area contributed by atoms with Gasteiger partial charge in [0.15, 0.2) is 17.3 Å². The number of carbonyl (C=O) groups excluding carboxylic acids is 1. The van der Waals surface area contributed by atoms with Crippen LogP contribution in [-0.2, 0) is 4.79 Å². The molecule has 0 saturated heterocycles. The highest BCUT2D eigenvalue weighted by atomic mass is 16.6. The molecule has 2 heterocycles. The fourth-order valence-electron chi connectivity index (χ4n) is 3.32. The van der Waals surface area contributed by atoms with Gasteiger partial charge in [-0.3, -0.25) is 14.9 Å². The van der Waals surface area contributed by atoms with E-state index in [0.717, 1.165) is 25.7 Å². The molecule has 0 N–H and O–H groups in total. The van der Waals surface area contributed by atoms with Crippen molar-refractivity contribution in [3.05, 3.63) is 34.6 Å². The van der Waals surface area contributed by atoms with E-state index in [2.05, 4.69) is 9.97 Å². The normalized spacial score (nSPS) is 14.7. The number of aromatic nitrogens is 2. The first kappa shape index (κ1) is 18.8. The van der Waals surface area contributed by atoms with Crippen molar-refractivity contribution >= 4 is 11.8 Å². The molecule has 1 aliphatic carbocycles. The van der Waals surface area contributed by atoms with Crippen LogP contribution >= 0.6 is 0 Å². The third kappa shape index (κ3) is 4.81. The lowest BCUT2D eigenvalue weighted by Crippen LogP contribution is -2.42. The summed E-state index contributed by atoms with van der Waals surface area (Å²) in [5.41, 5.74) is 0. The number of carbonyl (C=O) groups is 1. The van der Waals surface area contributed by atoms with Crippen LogP contribution in [0.15, 0.2) is 28.9 Å². The molecule has 1 aliphatic rings. The molecule has 1 amide bonds. The van der Waals surface area contributed by atoms with Crippen molar-refractivity contribution in [2.75, 3.05) is 13.2 Å². The molecule has 0 spiro atoms. The number of ether oxygens (including phenoxy) is 1. The van der Waals surface area contributed by atoms with Gasteiger partial charge in [-0.15, -0.1) is 0 Å². The Morgan fingerprint density at radius 2 is 2.00 bits per heavy atom. The second-order valence-corrected chi connectivity index (χ2v) is 6.49. The number of amides is 1. The molecule has 9 heteroatoms. The van der Waals surface area contributed by atoms with Crippen molar-refractivity contribution < 1.29 is 18.9 Å². The van der Waals surface area contributed by atoms with Crippen molar-refractivity contribution in [1.82, 2.24) is 14.9 Å². The van der Waals surface area contributed by atoms with Gasteiger partial charge in [-0.05, 0) is 18.9 Å². The minimum atomic E-state index is -0.617. The van der Waals surface area contributed by atoms with E-state index in [9.17, 15) is 14.9 Å². The quantitative estimate of drug-likeness (QED) is 0.540. The summed E-state index contributed by atoms with van der Waals surface area (Å²) < 4.78 is 10.7. The van der Waals surface area contributed by atoms with Crippen molar-refractivity contribution in [2.24, 2.45) is 0 Å². The SMILES string of the molecule is CC(=O)N(CCOc1cnc(-c2ccc([N+](=O)[O-])o2)nc1)C1CCCCC1. The van der Waals surface area contributed by atoms with Crippen LogP contribution in [0.25, 0.3) is 11.6 Å². The molecular formula is C18H22N4O5. The van der Waals surface area contributed by atoms with Gasteiger partial charge in [-0.2, -0.15) is 0 Å². The number of nitro groups is 1. The molecule has 2 aromatic heterocycles. The van der Waals surface area contributed by atoms with E-state index in [-0.39, 0.29) is 23.4 Å². The highest BCUT2D eigenvalue weighted by Crippen LogP contribution is 2.24. The van der Waals surface area contributed by atoms with Crippen molar-refractivity contribution in [3.8, 4) is 17.3 Å². The van der Waals surface area contributed by atoms with Gasteiger partial charge < -0.3 is 14.1 Å². The third-order valence-electron chi connectivity index (χ3n) is 4.64. The zero-order valence-corrected chi connectivity index (χ0v) is 15.2. The number of hydrogen-bond donors (Lipinski definition) is 0. The Bertz CT molecular complexity index is 783. The number of nitrogens with zero attached hydrogens (tertiary/aromatic N) is 4. The van der Waals surface area contributed by atoms with E-state index >= 15 is 0 Å². The summed E-state index contributed by atoms with van der Waals surface area (Å²) in [5, 5.41) is 10.7. The second-order valence-electron chi connectivity index (χ2n) is 6.49. The Labute approximate surface area is 156 Å². The molecule has 1 saturated carbocycles. The predicted octanol–water partition coefficient (Wildman–Crippen LogP) is 3.20. The molecule has 144 valence electrons. The molecule has 3 rings (SSSR count). The number of hydrogen-bond acceptors (Lipinski definition) is 7. The molecule has 0 radical (unpaired) electrons. The Balaban J connectivity index is 1.54. The van der Waals surface area contributed by atoms with Crippen molar-refractivity contribution in [2.45, 2.75) is 45.1 Å². The largest absolute Gasteiger partial charge is 0.489 e. The smallest absolute Gasteiger partial charge is 0.433 e. The zero-order chi connectivity index (χ0) is 19.2.